The van der Waals surface area contributed by atoms with Crippen molar-refractivity contribution in [1.82, 2.24) is 4.90 Å². The van der Waals surface area contributed by atoms with Gasteiger partial charge in [-0.3, -0.25) is 0 Å². The third-order valence-corrected chi connectivity index (χ3v) is 3.58. The fourth-order valence-corrected chi connectivity index (χ4v) is 2.48. The molecule has 0 aromatic heterocycles. The molecular weight excluding hydrogens is 244 g/mol. The van der Waals surface area contributed by atoms with Crippen molar-refractivity contribution in [2.45, 2.75) is 45.6 Å². The van der Waals surface area contributed by atoms with Gasteiger partial charge in [-0.05, 0) is 40.0 Å². The second-order valence-electron chi connectivity index (χ2n) is 6.46. The molecule has 0 aromatic rings. The molecule has 0 bridgehead atoms. The zero-order valence-corrected chi connectivity index (χ0v) is 12.7. The minimum atomic E-state index is -0.444. The van der Waals surface area contributed by atoms with Gasteiger partial charge >= 0.3 is 6.09 Å². The highest BCUT2D eigenvalue weighted by molar-refractivity contribution is 5.68. The second kappa shape index (κ2) is 6.57. The van der Waals surface area contributed by atoms with Gasteiger partial charge in [0.15, 0.2) is 0 Å². The van der Waals surface area contributed by atoms with Crippen LogP contribution < -0.4 is 5.73 Å². The van der Waals surface area contributed by atoms with E-state index in [2.05, 4.69) is 0 Å². The Kier molecular flexibility index (Phi) is 5.62. The van der Waals surface area contributed by atoms with Gasteiger partial charge in [-0.25, -0.2) is 4.79 Å². The summed E-state index contributed by atoms with van der Waals surface area (Å²) in [6.45, 7) is 8.35. The Morgan fingerprint density at radius 1 is 1.32 bits per heavy atom. The summed E-state index contributed by atoms with van der Waals surface area (Å²) in [5, 5.41) is 0. The predicted molar refractivity (Wildman–Crippen MR) is 75.0 cm³/mol. The molecule has 5 heteroatoms. The van der Waals surface area contributed by atoms with Gasteiger partial charge in [-0.15, -0.1) is 0 Å². The number of nitrogens with two attached hydrogens (primary N) is 1. The molecule has 1 unspecified atom stereocenters. The van der Waals surface area contributed by atoms with E-state index in [1.165, 1.54) is 0 Å². The number of ether oxygens (including phenoxy) is 2. The van der Waals surface area contributed by atoms with Gasteiger partial charge < -0.3 is 20.1 Å². The highest BCUT2D eigenvalue weighted by Crippen LogP contribution is 2.31. The lowest BCUT2D eigenvalue weighted by molar-refractivity contribution is 0.0237. The number of hydrogen-bond acceptors (Lipinski definition) is 4. The third-order valence-electron chi connectivity index (χ3n) is 3.58. The average molecular weight is 272 g/mol. The van der Waals surface area contributed by atoms with Crippen LogP contribution in [0, 0.1) is 5.41 Å². The van der Waals surface area contributed by atoms with Crippen LogP contribution in [0.5, 0.6) is 0 Å². The molecule has 1 aliphatic heterocycles. The number of carbonyl (C=O) groups is 1. The zero-order chi connectivity index (χ0) is 14.5. The van der Waals surface area contributed by atoms with Gasteiger partial charge in [0.1, 0.15) is 5.60 Å². The van der Waals surface area contributed by atoms with E-state index in [4.69, 9.17) is 15.2 Å². The Balaban J connectivity index is 2.60. The summed E-state index contributed by atoms with van der Waals surface area (Å²) in [4.78, 5) is 13.9. The SMILES string of the molecule is COCC1(CN)CCCN(C(=O)OC(C)(C)C)CC1. The lowest BCUT2D eigenvalue weighted by atomic mass is 9.81. The summed E-state index contributed by atoms with van der Waals surface area (Å²) in [6, 6.07) is 0. The topological polar surface area (TPSA) is 64.8 Å². The van der Waals surface area contributed by atoms with Crippen molar-refractivity contribution in [3.8, 4) is 0 Å². The summed E-state index contributed by atoms with van der Waals surface area (Å²) in [7, 11) is 1.70. The second-order valence-corrected chi connectivity index (χ2v) is 6.46. The number of hydrogen-bond donors (Lipinski definition) is 1. The first-order valence-corrected chi connectivity index (χ1v) is 6.99. The Morgan fingerprint density at radius 3 is 2.53 bits per heavy atom. The quantitative estimate of drug-likeness (QED) is 0.853. The molecular formula is C14H28N2O3. The van der Waals surface area contributed by atoms with Crippen molar-refractivity contribution in [2.24, 2.45) is 11.1 Å². The van der Waals surface area contributed by atoms with E-state index in [1.807, 2.05) is 20.8 Å². The fraction of sp³-hybridized carbons (Fsp3) is 0.929. The van der Waals surface area contributed by atoms with Gasteiger partial charge in [0.05, 0.1) is 6.61 Å². The highest BCUT2D eigenvalue weighted by Gasteiger charge is 2.33. The van der Waals surface area contributed by atoms with Gasteiger partial charge in [-0.2, -0.15) is 0 Å². The van der Waals surface area contributed by atoms with Gasteiger partial charge in [-0.1, -0.05) is 0 Å². The Labute approximate surface area is 116 Å². The summed E-state index contributed by atoms with van der Waals surface area (Å²) in [5.74, 6) is 0. The van der Waals surface area contributed by atoms with Crippen molar-refractivity contribution in [1.29, 1.82) is 0 Å². The molecule has 0 radical (unpaired) electrons. The highest BCUT2D eigenvalue weighted by atomic mass is 16.6. The van der Waals surface area contributed by atoms with Crippen molar-refractivity contribution < 1.29 is 14.3 Å². The van der Waals surface area contributed by atoms with Crippen LogP contribution in [0.25, 0.3) is 0 Å². The zero-order valence-electron chi connectivity index (χ0n) is 12.7. The van der Waals surface area contributed by atoms with Crippen LogP contribution in [0.1, 0.15) is 40.0 Å². The average Bonchev–Trinajstić information content (AvgIpc) is 2.51. The van der Waals surface area contributed by atoms with Crippen molar-refractivity contribution >= 4 is 6.09 Å². The number of likely N-dealkylation sites (tertiary alicyclic amines) is 1. The van der Waals surface area contributed by atoms with E-state index in [-0.39, 0.29) is 11.5 Å². The fourth-order valence-electron chi connectivity index (χ4n) is 2.48. The number of rotatable bonds is 3. The van der Waals surface area contributed by atoms with Crippen molar-refractivity contribution in [3.05, 3.63) is 0 Å². The van der Waals surface area contributed by atoms with Gasteiger partial charge in [0.2, 0.25) is 0 Å². The number of carbonyl (C=O) groups excluding carboxylic acids is 1. The van der Waals surface area contributed by atoms with Crippen molar-refractivity contribution in [3.63, 3.8) is 0 Å². The molecule has 1 rings (SSSR count). The Bertz CT molecular complexity index is 302. The van der Waals surface area contributed by atoms with Crippen LogP contribution in [0.15, 0.2) is 0 Å². The molecule has 0 aliphatic carbocycles. The first-order chi connectivity index (χ1) is 8.82. The molecule has 112 valence electrons. The van der Waals surface area contributed by atoms with E-state index in [9.17, 15) is 4.79 Å². The maximum atomic E-state index is 12.1. The van der Waals surface area contributed by atoms with E-state index >= 15 is 0 Å². The first-order valence-electron chi connectivity index (χ1n) is 6.99. The van der Waals surface area contributed by atoms with Crippen molar-refractivity contribution in [2.75, 3.05) is 33.4 Å². The van der Waals surface area contributed by atoms with Crippen LogP contribution in [0.4, 0.5) is 4.79 Å². The largest absolute Gasteiger partial charge is 0.444 e. The van der Waals surface area contributed by atoms with Gasteiger partial charge in [0, 0.05) is 32.2 Å². The molecule has 1 amide bonds. The summed E-state index contributed by atoms with van der Waals surface area (Å²) >= 11 is 0. The van der Waals surface area contributed by atoms with Crippen LogP contribution in [-0.4, -0.2) is 49.9 Å². The van der Waals surface area contributed by atoms with E-state index in [1.54, 1.807) is 12.0 Å². The molecule has 0 spiro atoms. The summed E-state index contributed by atoms with van der Waals surface area (Å²) in [6.07, 6.45) is 2.59. The van der Waals surface area contributed by atoms with Crippen LogP contribution >= 0.6 is 0 Å². The minimum Gasteiger partial charge on any atom is -0.444 e. The standard InChI is InChI=1S/C14H28N2O3/c1-13(2,3)19-12(17)16-8-5-6-14(10-15,7-9-16)11-18-4/h5-11,15H2,1-4H3. The molecule has 1 saturated heterocycles. The van der Waals surface area contributed by atoms with Crippen LogP contribution in [0.3, 0.4) is 0 Å². The van der Waals surface area contributed by atoms with Gasteiger partial charge in [0.25, 0.3) is 0 Å². The first kappa shape index (κ1) is 16.2. The van der Waals surface area contributed by atoms with E-state index < -0.39 is 5.60 Å². The predicted octanol–water partition coefficient (Wildman–Crippen LogP) is 2.00. The summed E-state index contributed by atoms with van der Waals surface area (Å²) in [5.41, 5.74) is 5.46. The molecule has 1 heterocycles. The van der Waals surface area contributed by atoms with Crippen LogP contribution in [0.2, 0.25) is 0 Å². The summed E-state index contributed by atoms with van der Waals surface area (Å²) < 4.78 is 10.7. The van der Waals surface area contributed by atoms with E-state index in [0.29, 0.717) is 19.7 Å². The smallest absolute Gasteiger partial charge is 0.410 e. The van der Waals surface area contributed by atoms with Crippen LogP contribution in [-0.2, 0) is 9.47 Å². The Morgan fingerprint density at radius 2 is 2.00 bits per heavy atom. The minimum absolute atomic E-state index is 0.00547. The third kappa shape index (κ3) is 4.99. The molecule has 1 atom stereocenters. The normalized spacial score (nSPS) is 25.0. The molecule has 5 nitrogen and oxygen atoms in total. The van der Waals surface area contributed by atoms with E-state index in [0.717, 1.165) is 25.8 Å². The monoisotopic (exact) mass is 272 g/mol. The number of nitrogens with zero attached hydrogens (tertiary/aromatic N) is 1. The number of amides is 1. The molecule has 0 saturated carbocycles. The molecule has 0 aromatic carbocycles. The molecule has 1 fully saturated rings. The lowest BCUT2D eigenvalue weighted by Crippen LogP contribution is -2.39. The number of methoxy groups -OCH3 is 1. The molecule has 19 heavy (non-hydrogen) atoms. The maximum absolute atomic E-state index is 12.1. The maximum Gasteiger partial charge on any atom is 0.410 e. The lowest BCUT2D eigenvalue weighted by Gasteiger charge is -2.30. The molecule has 1 aliphatic rings. The molecule has 2 N–H and O–H groups in total. The Hall–Kier alpha value is -0.810.